The van der Waals surface area contributed by atoms with E-state index in [4.69, 9.17) is 0 Å². The Labute approximate surface area is 95.7 Å². The lowest BCUT2D eigenvalue weighted by molar-refractivity contribution is -0.380. The summed E-state index contributed by atoms with van der Waals surface area (Å²) in [6.07, 6.45) is 3.31. The van der Waals surface area contributed by atoms with Gasteiger partial charge in [0.15, 0.2) is 0 Å². The van der Waals surface area contributed by atoms with Gasteiger partial charge in [-0.2, -0.15) is 0 Å². The van der Waals surface area contributed by atoms with Gasteiger partial charge in [-0.25, -0.2) is 0 Å². The highest BCUT2D eigenvalue weighted by molar-refractivity contribution is 7.15. The van der Waals surface area contributed by atoms with Crippen LogP contribution in [0.3, 0.4) is 0 Å². The number of hydrogen-bond acceptors (Lipinski definition) is 4. The Hall–Kier alpha value is -2.19. The van der Waals surface area contributed by atoms with E-state index in [1.165, 1.54) is 6.07 Å². The van der Waals surface area contributed by atoms with Crippen LogP contribution in [0.2, 0.25) is 0 Å². The molecule has 16 heavy (non-hydrogen) atoms. The van der Waals surface area contributed by atoms with Crippen LogP contribution in [0.1, 0.15) is 10.4 Å². The van der Waals surface area contributed by atoms with Crippen LogP contribution in [-0.2, 0) is 0 Å². The Morgan fingerprint density at radius 3 is 2.56 bits per heavy atom. The van der Waals surface area contributed by atoms with E-state index in [1.54, 1.807) is 30.6 Å². The van der Waals surface area contributed by atoms with Crippen LogP contribution in [0.25, 0.3) is 0 Å². The van der Waals surface area contributed by atoms with Crippen molar-refractivity contribution in [3.8, 4) is 11.8 Å². The number of nitrogens with zero attached hydrogens (tertiary/aromatic N) is 2. The highest BCUT2D eigenvalue weighted by Crippen LogP contribution is 2.22. The average molecular weight is 230 g/mol. The van der Waals surface area contributed by atoms with Crippen molar-refractivity contribution in [2.75, 3.05) is 0 Å². The van der Waals surface area contributed by atoms with Gasteiger partial charge in [0.2, 0.25) is 0 Å². The molecule has 0 fully saturated rings. The maximum atomic E-state index is 10.4. The molecule has 0 atom stereocenters. The fourth-order valence-electron chi connectivity index (χ4n) is 1.06. The van der Waals surface area contributed by atoms with Gasteiger partial charge in [-0.15, -0.1) is 0 Å². The predicted molar refractivity (Wildman–Crippen MR) is 61.2 cm³/mol. The van der Waals surface area contributed by atoms with Gasteiger partial charge in [0.1, 0.15) is 0 Å². The van der Waals surface area contributed by atoms with Gasteiger partial charge in [0, 0.05) is 24.0 Å². The van der Waals surface area contributed by atoms with E-state index >= 15 is 0 Å². The first-order valence-corrected chi connectivity index (χ1v) is 5.23. The van der Waals surface area contributed by atoms with E-state index in [1.807, 2.05) is 0 Å². The molecule has 4 nitrogen and oxygen atoms in total. The molecule has 2 heterocycles. The SMILES string of the molecule is O=[N+]([O-])c1ccc(C#Cc2ccncc2)s1. The predicted octanol–water partition coefficient (Wildman–Crippen LogP) is 2.45. The van der Waals surface area contributed by atoms with Crippen LogP contribution in [0.4, 0.5) is 5.00 Å². The summed E-state index contributed by atoms with van der Waals surface area (Å²) in [7, 11) is 0. The summed E-state index contributed by atoms with van der Waals surface area (Å²) in [4.78, 5) is 14.6. The molecule has 0 bridgehead atoms. The molecular weight excluding hydrogens is 224 g/mol. The number of pyridine rings is 1. The van der Waals surface area contributed by atoms with Gasteiger partial charge in [-0.3, -0.25) is 15.1 Å². The molecule has 0 aromatic carbocycles. The van der Waals surface area contributed by atoms with E-state index in [2.05, 4.69) is 16.8 Å². The molecule has 0 aliphatic heterocycles. The number of rotatable bonds is 1. The van der Waals surface area contributed by atoms with Crippen LogP contribution in [0.5, 0.6) is 0 Å². The second kappa shape index (κ2) is 4.55. The first-order valence-electron chi connectivity index (χ1n) is 4.42. The molecule has 0 N–H and O–H groups in total. The molecule has 2 aromatic rings. The largest absolute Gasteiger partial charge is 0.325 e. The summed E-state index contributed by atoms with van der Waals surface area (Å²) in [5.74, 6) is 5.78. The molecule has 0 saturated carbocycles. The van der Waals surface area contributed by atoms with Crippen LogP contribution < -0.4 is 0 Å². The lowest BCUT2D eigenvalue weighted by Gasteiger charge is -1.84. The van der Waals surface area contributed by atoms with E-state index in [-0.39, 0.29) is 5.00 Å². The van der Waals surface area contributed by atoms with Crippen LogP contribution in [0, 0.1) is 22.0 Å². The molecule has 0 spiro atoms. The minimum absolute atomic E-state index is 0.110. The van der Waals surface area contributed by atoms with Crippen molar-refractivity contribution >= 4 is 16.3 Å². The number of thiophene rings is 1. The van der Waals surface area contributed by atoms with Crippen LogP contribution in [0.15, 0.2) is 36.7 Å². The second-order valence-corrected chi connectivity index (χ2v) is 3.94. The minimum atomic E-state index is -0.414. The second-order valence-electron chi connectivity index (χ2n) is 2.88. The normalized spacial score (nSPS) is 9.25. The summed E-state index contributed by atoms with van der Waals surface area (Å²) >= 11 is 1.07. The molecule has 0 saturated heterocycles. The highest BCUT2D eigenvalue weighted by atomic mass is 32.1. The zero-order valence-electron chi connectivity index (χ0n) is 8.08. The average Bonchev–Trinajstić information content (AvgIpc) is 2.76. The van der Waals surface area contributed by atoms with Crippen molar-refractivity contribution in [3.05, 3.63) is 57.2 Å². The summed E-state index contributed by atoms with van der Waals surface area (Å²) in [5.41, 5.74) is 0.839. The third-order valence-electron chi connectivity index (χ3n) is 1.78. The van der Waals surface area contributed by atoms with Crippen molar-refractivity contribution in [1.29, 1.82) is 0 Å². The molecule has 2 aromatic heterocycles. The standard InChI is InChI=1S/C11H6N2O2S/c14-13(15)11-4-3-10(16-11)2-1-9-5-7-12-8-6-9/h3-8H. The molecule has 0 radical (unpaired) electrons. The molecule has 0 unspecified atom stereocenters. The number of nitro groups is 1. The molecular formula is C11H6N2O2S. The maximum absolute atomic E-state index is 10.4. The van der Waals surface area contributed by atoms with Crippen LogP contribution >= 0.6 is 11.3 Å². The minimum Gasteiger partial charge on any atom is -0.265 e. The Morgan fingerprint density at radius 1 is 1.19 bits per heavy atom. The Morgan fingerprint density at radius 2 is 1.94 bits per heavy atom. The zero-order chi connectivity index (χ0) is 11.4. The lowest BCUT2D eigenvalue weighted by Crippen LogP contribution is -1.80. The van der Waals surface area contributed by atoms with Gasteiger partial charge in [-0.1, -0.05) is 23.2 Å². The monoisotopic (exact) mass is 230 g/mol. The van der Waals surface area contributed by atoms with E-state index in [0.29, 0.717) is 4.88 Å². The number of hydrogen-bond donors (Lipinski definition) is 0. The van der Waals surface area contributed by atoms with Crippen molar-refractivity contribution in [2.45, 2.75) is 0 Å². The maximum Gasteiger partial charge on any atom is 0.325 e. The summed E-state index contributed by atoms with van der Waals surface area (Å²) < 4.78 is 0. The van der Waals surface area contributed by atoms with E-state index in [9.17, 15) is 10.1 Å². The fourth-order valence-corrected chi connectivity index (χ4v) is 1.74. The van der Waals surface area contributed by atoms with Crippen molar-refractivity contribution in [2.24, 2.45) is 0 Å². The van der Waals surface area contributed by atoms with Crippen molar-refractivity contribution in [3.63, 3.8) is 0 Å². The third kappa shape index (κ3) is 2.43. The van der Waals surface area contributed by atoms with Crippen LogP contribution in [-0.4, -0.2) is 9.91 Å². The Kier molecular flexibility index (Phi) is 2.94. The summed E-state index contributed by atoms with van der Waals surface area (Å²) in [6.45, 7) is 0. The molecule has 0 aliphatic rings. The van der Waals surface area contributed by atoms with Crippen molar-refractivity contribution < 1.29 is 4.92 Å². The fraction of sp³-hybridized carbons (Fsp3) is 0. The first-order chi connectivity index (χ1) is 7.75. The third-order valence-corrected chi connectivity index (χ3v) is 2.73. The molecule has 0 aliphatic carbocycles. The van der Waals surface area contributed by atoms with Gasteiger partial charge >= 0.3 is 5.00 Å². The molecule has 2 rings (SSSR count). The Bertz CT molecular complexity index is 566. The number of aromatic nitrogens is 1. The van der Waals surface area contributed by atoms with Gasteiger partial charge in [0.25, 0.3) is 0 Å². The lowest BCUT2D eigenvalue weighted by atomic mass is 10.3. The van der Waals surface area contributed by atoms with E-state index in [0.717, 1.165) is 16.9 Å². The quantitative estimate of drug-likeness (QED) is 0.429. The smallest absolute Gasteiger partial charge is 0.265 e. The summed E-state index contributed by atoms with van der Waals surface area (Å²) in [6, 6.07) is 6.68. The summed E-state index contributed by atoms with van der Waals surface area (Å²) in [5, 5.41) is 10.6. The molecule has 0 amide bonds. The zero-order valence-corrected chi connectivity index (χ0v) is 8.90. The molecule has 5 heteroatoms. The first kappa shape index (κ1) is 10.3. The van der Waals surface area contributed by atoms with Gasteiger partial charge < -0.3 is 0 Å². The topological polar surface area (TPSA) is 56.0 Å². The highest BCUT2D eigenvalue weighted by Gasteiger charge is 2.07. The van der Waals surface area contributed by atoms with Crippen molar-refractivity contribution in [1.82, 2.24) is 4.98 Å². The van der Waals surface area contributed by atoms with Gasteiger partial charge in [0.05, 0.1) is 9.80 Å². The van der Waals surface area contributed by atoms with E-state index < -0.39 is 4.92 Å². The van der Waals surface area contributed by atoms with Gasteiger partial charge in [-0.05, 0) is 18.2 Å². The molecule has 78 valence electrons. The Balaban J connectivity index is 2.21.